The molecule has 1 saturated heterocycles. The molecule has 0 radical (unpaired) electrons. The average Bonchev–Trinajstić information content (AvgIpc) is 3.32. The van der Waals surface area contributed by atoms with E-state index in [-0.39, 0.29) is 0 Å². The van der Waals surface area contributed by atoms with Crippen LogP contribution in [-0.4, -0.2) is 57.8 Å². The molecule has 0 aliphatic carbocycles. The van der Waals surface area contributed by atoms with Crippen molar-refractivity contribution in [3.63, 3.8) is 0 Å². The minimum atomic E-state index is 0.422. The molecule has 0 unspecified atom stereocenters. The lowest BCUT2D eigenvalue weighted by Gasteiger charge is -2.13. The van der Waals surface area contributed by atoms with Crippen LogP contribution in [0.2, 0.25) is 0 Å². The number of likely N-dealkylation sites (tertiary alicyclic amines) is 1. The van der Waals surface area contributed by atoms with Gasteiger partial charge in [0.15, 0.2) is 5.65 Å². The fraction of sp³-hybridized carbons (Fsp3) is 0.750. The molecule has 3 rings (SSSR count). The first-order valence-electron chi connectivity index (χ1n) is 10.4. The van der Waals surface area contributed by atoms with Crippen molar-refractivity contribution in [2.75, 3.05) is 33.4 Å². The van der Waals surface area contributed by atoms with Crippen molar-refractivity contribution in [2.45, 2.75) is 64.8 Å². The standard InChI is InChI=1S/C20H33N5O2/c1-3-4-15-27-19-21-16-17-18(23-19)25(20(22-17)26-2)14-8-6-5-7-11-24-12-9-10-13-24/h16H,3-15H2,1-2H3. The first-order valence-corrected chi connectivity index (χ1v) is 10.4. The molecule has 7 nitrogen and oxygen atoms in total. The van der Waals surface area contributed by atoms with Gasteiger partial charge in [0.1, 0.15) is 5.52 Å². The van der Waals surface area contributed by atoms with Crippen molar-refractivity contribution in [2.24, 2.45) is 0 Å². The zero-order valence-electron chi connectivity index (χ0n) is 16.8. The van der Waals surface area contributed by atoms with Gasteiger partial charge in [0.25, 0.3) is 6.01 Å². The van der Waals surface area contributed by atoms with Crippen LogP contribution in [0.25, 0.3) is 11.2 Å². The van der Waals surface area contributed by atoms with Crippen LogP contribution in [0.1, 0.15) is 58.3 Å². The molecule has 0 saturated carbocycles. The maximum Gasteiger partial charge on any atom is 0.318 e. The van der Waals surface area contributed by atoms with Gasteiger partial charge in [0.2, 0.25) is 0 Å². The summed E-state index contributed by atoms with van der Waals surface area (Å²) in [4.78, 5) is 15.9. The molecule has 2 aromatic heterocycles. The number of rotatable bonds is 12. The lowest BCUT2D eigenvalue weighted by molar-refractivity contribution is 0.286. The summed E-state index contributed by atoms with van der Waals surface area (Å²) in [6, 6.07) is 1.02. The first-order chi connectivity index (χ1) is 13.3. The fourth-order valence-corrected chi connectivity index (χ4v) is 3.58. The Bertz CT molecular complexity index is 697. The predicted molar refractivity (Wildman–Crippen MR) is 106 cm³/mol. The molecular formula is C20H33N5O2. The van der Waals surface area contributed by atoms with Crippen LogP contribution < -0.4 is 9.47 Å². The number of hydrogen-bond donors (Lipinski definition) is 0. The van der Waals surface area contributed by atoms with Gasteiger partial charge in [-0.05, 0) is 51.7 Å². The van der Waals surface area contributed by atoms with Gasteiger partial charge >= 0.3 is 6.01 Å². The van der Waals surface area contributed by atoms with Gasteiger partial charge in [-0.25, -0.2) is 4.98 Å². The maximum atomic E-state index is 5.65. The van der Waals surface area contributed by atoms with E-state index in [1.54, 1.807) is 13.3 Å². The van der Waals surface area contributed by atoms with Crippen molar-refractivity contribution in [3.05, 3.63) is 6.20 Å². The second-order valence-electron chi connectivity index (χ2n) is 7.28. The summed E-state index contributed by atoms with van der Waals surface area (Å²) in [5, 5.41) is 0. The van der Waals surface area contributed by atoms with Crippen LogP contribution in [0.15, 0.2) is 6.20 Å². The first kappa shape index (κ1) is 19.9. The maximum absolute atomic E-state index is 5.65. The molecule has 1 fully saturated rings. The Morgan fingerprint density at radius 1 is 1.00 bits per heavy atom. The number of imidazole rings is 1. The van der Waals surface area contributed by atoms with E-state index in [9.17, 15) is 0 Å². The van der Waals surface area contributed by atoms with Crippen molar-refractivity contribution in [1.82, 2.24) is 24.4 Å². The number of methoxy groups -OCH3 is 1. The van der Waals surface area contributed by atoms with Crippen molar-refractivity contribution >= 4 is 11.2 Å². The number of unbranched alkanes of at least 4 members (excludes halogenated alkanes) is 4. The van der Waals surface area contributed by atoms with E-state index < -0.39 is 0 Å². The normalized spacial score (nSPS) is 14.9. The number of hydrogen-bond acceptors (Lipinski definition) is 6. The summed E-state index contributed by atoms with van der Waals surface area (Å²) in [5.41, 5.74) is 1.55. The zero-order chi connectivity index (χ0) is 18.9. The third-order valence-corrected chi connectivity index (χ3v) is 5.15. The molecule has 0 N–H and O–H groups in total. The molecule has 0 aromatic carbocycles. The Morgan fingerprint density at radius 2 is 1.78 bits per heavy atom. The minimum absolute atomic E-state index is 0.422. The molecule has 7 heteroatoms. The molecule has 1 aliphatic rings. The van der Waals surface area contributed by atoms with Crippen LogP contribution in [0.4, 0.5) is 0 Å². The zero-order valence-corrected chi connectivity index (χ0v) is 16.8. The fourth-order valence-electron chi connectivity index (χ4n) is 3.58. The second-order valence-corrected chi connectivity index (χ2v) is 7.28. The van der Waals surface area contributed by atoms with Gasteiger partial charge in [-0.2, -0.15) is 9.97 Å². The topological polar surface area (TPSA) is 65.3 Å². The highest BCUT2D eigenvalue weighted by Crippen LogP contribution is 2.22. The summed E-state index contributed by atoms with van der Waals surface area (Å²) in [7, 11) is 1.65. The van der Waals surface area contributed by atoms with Gasteiger partial charge in [0, 0.05) is 6.54 Å². The van der Waals surface area contributed by atoms with Gasteiger partial charge in [-0.1, -0.05) is 26.2 Å². The van der Waals surface area contributed by atoms with Crippen molar-refractivity contribution in [1.29, 1.82) is 0 Å². The second kappa shape index (κ2) is 10.4. The molecule has 150 valence electrons. The third-order valence-electron chi connectivity index (χ3n) is 5.15. The molecule has 3 heterocycles. The summed E-state index contributed by atoms with van der Waals surface area (Å²) >= 11 is 0. The summed E-state index contributed by atoms with van der Waals surface area (Å²) in [6.45, 7) is 7.47. The molecule has 1 aliphatic heterocycles. The van der Waals surface area contributed by atoms with Crippen LogP contribution in [0.3, 0.4) is 0 Å². The number of aromatic nitrogens is 4. The number of fused-ring (bicyclic) bond motifs is 1. The summed E-state index contributed by atoms with van der Waals surface area (Å²) in [5.74, 6) is 0. The van der Waals surface area contributed by atoms with E-state index in [2.05, 4.69) is 26.8 Å². The molecule has 0 bridgehead atoms. The quantitative estimate of drug-likeness (QED) is 0.527. The van der Waals surface area contributed by atoms with Crippen LogP contribution in [0, 0.1) is 0 Å². The van der Waals surface area contributed by atoms with E-state index in [1.165, 1.54) is 51.7 Å². The highest BCUT2D eigenvalue weighted by molar-refractivity contribution is 5.71. The van der Waals surface area contributed by atoms with Crippen LogP contribution in [-0.2, 0) is 6.54 Å². The molecule has 0 spiro atoms. The predicted octanol–water partition coefficient (Wildman–Crippen LogP) is 3.67. The smallest absolute Gasteiger partial charge is 0.318 e. The van der Waals surface area contributed by atoms with Crippen molar-refractivity contribution in [3.8, 4) is 12.0 Å². The SMILES string of the molecule is CCCCOc1ncc2nc(OC)n(CCCCCCN3CCCC3)c2n1. The molecule has 2 aromatic rings. The van der Waals surface area contributed by atoms with Gasteiger partial charge in [-0.3, -0.25) is 4.57 Å². The highest BCUT2D eigenvalue weighted by Gasteiger charge is 2.14. The van der Waals surface area contributed by atoms with Gasteiger partial charge in [0.05, 0.1) is 19.9 Å². The van der Waals surface area contributed by atoms with E-state index in [1.807, 2.05) is 4.57 Å². The monoisotopic (exact) mass is 375 g/mol. The largest absolute Gasteiger partial charge is 0.468 e. The van der Waals surface area contributed by atoms with E-state index >= 15 is 0 Å². The van der Waals surface area contributed by atoms with E-state index in [0.29, 0.717) is 18.6 Å². The number of aryl methyl sites for hydroxylation is 1. The van der Waals surface area contributed by atoms with E-state index in [4.69, 9.17) is 9.47 Å². The Morgan fingerprint density at radius 3 is 2.52 bits per heavy atom. The molecular weight excluding hydrogens is 342 g/mol. The number of ether oxygens (including phenoxy) is 2. The average molecular weight is 376 g/mol. The van der Waals surface area contributed by atoms with Gasteiger partial charge in [-0.15, -0.1) is 0 Å². The molecule has 0 atom stereocenters. The third kappa shape index (κ3) is 5.54. The summed E-state index contributed by atoms with van der Waals surface area (Å²) < 4.78 is 13.1. The Hall–Kier alpha value is -1.89. The Kier molecular flexibility index (Phi) is 7.68. The number of nitrogens with zero attached hydrogens (tertiary/aromatic N) is 5. The Labute approximate surface area is 162 Å². The Balaban J connectivity index is 1.52. The molecule has 0 amide bonds. The highest BCUT2D eigenvalue weighted by atomic mass is 16.5. The van der Waals surface area contributed by atoms with Crippen LogP contribution in [0.5, 0.6) is 12.0 Å². The minimum Gasteiger partial charge on any atom is -0.468 e. The lowest BCUT2D eigenvalue weighted by Crippen LogP contribution is -2.20. The van der Waals surface area contributed by atoms with Crippen LogP contribution >= 0.6 is 0 Å². The van der Waals surface area contributed by atoms with E-state index in [0.717, 1.165) is 37.0 Å². The summed E-state index contributed by atoms with van der Waals surface area (Å²) in [6.07, 6.45) is 11.4. The lowest BCUT2D eigenvalue weighted by atomic mass is 10.2. The van der Waals surface area contributed by atoms with Gasteiger partial charge < -0.3 is 14.4 Å². The van der Waals surface area contributed by atoms with Crippen molar-refractivity contribution < 1.29 is 9.47 Å². The molecule has 27 heavy (non-hydrogen) atoms.